The van der Waals surface area contributed by atoms with Gasteiger partial charge in [-0.15, -0.1) is 0 Å². The second-order valence-corrected chi connectivity index (χ2v) is 4.35. The summed E-state index contributed by atoms with van der Waals surface area (Å²) in [5, 5.41) is 9.22. The van der Waals surface area contributed by atoms with Crippen molar-refractivity contribution in [3.05, 3.63) is 29.8 Å². The minimum Gasteiger partial charge on any atom is -0.508 e. The Morgan fingerprint density at radius 2 is 2.07 bits per heavy atom. The topological polar surface area (TPSA) is 49.5 Å². The number of rotatable bonds is 2. The zero-order chi connectivity index (χ0) is 10.8. The van der Waals surface area contributed by atoms with E-state index in [9.17, 15) is 5.11 Å². The normalized spacial score (nSPS) is 27.1. The number of phenols is 1. The number of hydrogen-bond acceptors (Lipinski definition) is 3. The van der Waals surface area contributed by atoms with Crippen LogP contribution in [0.1, 0.15) is 17.9 Å². The molecule has 0 bridgehead atoms. The highest BCUT2D eigenvalue weighted by molar-refractivity contribution is 5.29. The van der Waals surface area contributed by atoms with Gasteiger partial charge in [0.2, 0.25) is 0 Å². The quantitative estimate of drug-likeness (QED) is 0.763. The number of phenolic OH excluding ortho intramolecular Hbond substituents is 1. The fourth-order valence-electron chi connectivity index (χ4n) is 2.34. The second kappa shape index (κ2) is 4.21. The predicted octanol–water partition coefficient (Wildman–Crippen LogP) is 1.14. The first-order valence-electron chi connectivity index (χ1n) is 5.40. The standard InChI is InChI=1S/C12H18N2O/c1-14-8-10(6-11(14)7-13)9-2-4-12(15)5-3-9/h2-5,10-11,15H,6-8,13H2,1H3. The summed E-state index contributed by atoms with van der Waals surface area (Å²) in [7, 11) is 2.12. The van der Waals surface area contributed by atoms with Gasteiger partial charge in [0, 0.05) is 19.1 Å². The lowest BCUT2D eigenvalue weighted by Gasteiger charge is -2.15. The highest BCUT2D eigenvalue weighted by atomic mass is 16.3. The average molecular weight is 206 g/mol. The molecule has 3 N–H and O–H groups in total. The van der Waals surface area contributed by atoms with Crippen molar-refractivity contribution in [2.75, 3.05) is 20.1 Å². The fraction of sp³-hybridized carbons (Fsp3) is 0.500. The molecule has 15 heavy (non-hydrogen) atoms. The van der Waals surface area contributed by atoms with Gasteiger partial charge >= 0.3 is 0 Å². The van der Waals surface area contributed by atoms with Gasteiger partial charge in [-0.2, -0.15) is 0 Å². The van der Waals surface area contributed by atoms with E-state index in [1.807, 2.05) is 12.1 Å². The Balaban J connectivity index is 2.10. The molecule has 0 aromatic heterocycles. The maximum absolute atomic E-state index is 9.22. The molecule has 1 aliphatic heterocycles. The Bertz CT molecular complexity index is 323. The smallest absolute Gasteiger partial charge is 0.115 e. The lowest BCUT2D eigenvalue weighted by Crippen LogP contribution is -2.31. The van der Waals surface area contributed by atoms with Crippen LogP contribution >= 0.6 is 0 Å². The molecule has 1 fully saturated rings. The molecule has 1 aromatic rings. The van der Waals surface area contributed by atoms with E-state index in [4.69, 9.17) is 5.73 Å². The van der Waals surface area contributed by atoms with E-state index in [2.05, 4.69) is 11.9 Å². The van der Waals surface area contributed by atoms with Gasteiger partial charge < -0.3 is 15.7 Å². The first kappa shape index (κ1) is 10.5. The van der Waals surface area contributed by atoms with E-state index >= 15 is 0 Å². The minimum atomic E-state index is 0.334. The molecular weight excluding hydrogens is 188 g/mol. The summed E-state index contributed by atoms with van der Waals surface area (Å²) in [4.78, 5) is 2.32. The second-order valence-electron chi connectivity index (χ2n) is 4.35. The third-order valence-electron chi connectivity index (χ3n) is 3.32. The number of likely N-dealkylation sites (N-methyl/N-ethyl adjacent to an activating group) is 1. The molecule has 0 aliphatic carbocycles. The van der Waals surface area contributed by atoms with E-state index in [0.29, 0.717) is 17.7 Å². The fourth-order valence-corrected chi connectivity index (χ4v) is 2.34. The highest BCUT2D eigenvalue weighted by Crippen LogP contribution is 2.30. The Morgan fingerprint density at radius 3 is 2.60 bits per heavy atom. The van der Waals surface area contributed by atoms with E-state index in [-0.39, 0.29) is 0 Å². The molecule has 0 saturated carbocycles. The van der Waals surface area contributed by atoms with E-state index < -0.39 is 0 Å². The molecule has 1 heterocycles. The number of nitrogens with zero attached hydrogens (tertiary/aromatic N) is 1. The van der Waals surface area contributed by atoms with Crippen LogP contribution in [0.3, 0.4) is 0 Å². The summed E-state index contributed by atoms with van der Waals surface area (Å²) in [5.41, 5.74) is 7.01. The van der Waals surface area contributed by atoms with Gasteiger partial charge in [0.05, 0.1) is 0 Å². The van der Waals surface area contributed by atoms with Crippen molar-refractivity contribution in [1.82, 2.24) is 4.90 Å². The van der Waals surface area contributed by atoms with Gasteiger partial charge in [-0.3, -0.25) is 0 Å². The molecule has 2 atom stereocenters. The van der Waals surface area contributed by atoms with Gasteiger partial charge in [0.1, 0.15) is 5.75 Å². The number of hydrogen-bond donors (Lipinski definition) is 2. The largest absolute Gasteiger partial charge is 0.508 e. The molecule has 82 valence electrons. The lowest BCUT2D eigenvalue weighted by atomic mass is 9.96. The van der Waals surface area contributed by atoms with Crippen LogP contribution < -0.4 is 5.73 Å². The molecule has 1 saturated heterocycles. The van der Waals surface area contributed by atoms with Crippen LogP contribution in [0.15, 0.2) is 24.3 Å². The third kappa shape index (κ3) is 2.13. The monoisotopic (exact) mass is 206 g/mol. The molecule has 3 heteroatoms. The molecule has 2 unspecified atom stereocenters. The number of nitrogens with two attached hydrogens (primary N) is 1. The summed E-state index contributed by atoms with van der Waals surface area (Å²) < 4.78 is 0. The van der Waals surface area contributed by atoms with Gasteiger partial charge in [0.25, 0.3) is 0 Å². The Kier molecular flexibility index (Phi) is 2.93. The Hall–Kier alpha value is -1.06. The summed E-state index contributed by atoms with van der Waals surface area (Å²) >= 11 is 0. The van der Waals surface area contributed by atoms with Crippen molar-refractivity contribution in [2.45, 2.75) is 18.4 Å². The minimum absolute atomic E-state index is 0.334. The lowest BCUT2D eigenvalue weighted by molar-refractivity contribution is 0.316. The zero-order valence-electron chi connectivity index (χ0n) is 9.06. The van der Waals surface area contributed by atoms with E-state index in [1.54, 1.807) is 12.1 Å². The number of likely N-dealkylation sites (tertiary alicyclic amines) is 1. The number of benzene rings is 1. The molecule has 0 amide bonds. The van der Waals surface area contributed by atoms with Crippen LogP contribution in [0.25, 0.3) is 0 Å². The van der Waals surface area contributed by atoms with Crippen LogP contribution in [-0.2, 0) is 0 Å². The number of aromatic hydroxyl groups is 1. The van der Waals surface area contributed by atoms with Gasteiger partial charge in [-0.05, 0) is 37.1 Å². The predicted molar refractivity (Wildman–Crippen MR) is 60.9 cm³/mol. The summed E-state index contributed by atoms with van der Waals surface area (Å²) in [6, 6.07) is 8.03. The van der Waals surface area contributed by atoms with Crippen molar-refractivity contribution in [3.8, 4) is 5.75 Å². The summed E-state index contributed by atoms with van der Waals surface area (Å²) in [6.07, 6.45) is 1.12. The SMILES string of the molecule is CN1CC(c2ccc(O)cc2)CC1CN. The van der Waals surface area contributed by atoms with E-state index in [0.717, 1.165) is 19.5 Å². The Morgan fingerprint density at radius 1 is 1.40 bits per heavy atom. The first-order valence-corrected chi connectivity index (χ1v) is 5.40. The van der Waals surface area contributed by atoms with Crippen molar-refractivity contribution in [3.63, 3.8) is 0 Å². The van der Waals surface area contributed by atoms with Crippen LogP contribution in [0.5, 0.6) is 5.75 Å². The third-order valence-corrected chi connectivity index (χ3v) is 3.32. The molecular formula is C12H18N2O. The van der Waals surface area contributed by atoms with Crippen molar-refractivity contribution in [1.29, 1.82) is 0 Å². The van der Waals surface area contributed by atoms with Crippen molar-refractivity contribution in [2.24, 2.45) is 5.73 Å². The van der Waals surface area contributed by atoms with Gasteiger partial charge in [-0.1, -0.05) is 12.1 Å². The van der Waals surface area contributed by atoms with Crippen LogP contribution in [0.4, 0.5) is 0 Å². The molecule has 0 spiro atoms. The maximum Gasteiger partial charge on any atom is 0.115 e. The van der Waals surface area contributed by atoms with Crippen molar-refractivity contribution < 1.29 is 5.11 Å². The Labute approximate surface area is 90.5 Å². The van der Waals surface area contributed by atoms with Crippen molar-refractivity contribution >= 4 is 0 Å². The average Bonchev–Trinajstić information content (AvgIpc) is 2.61. The highest BCUT2D eigenvalue weighted by Gasteiger charge is 2.29. The summed E-state index contributed by atoms with van der Waals surface area (Å²) in [6.45, 7) is 1.79. The van der Waals surface area contributed by atoms with Gasteiger partial charge in [0.15, 0.2) is 0 Å². The van der Waals surface area contributed by atoms with Gasteiger partial charge in [-0.25, -0.2) is 0 Å². The molecule has 1 aromatic carbocycles. The molecule has 2 rings (SSSR count). The maximum atomic E-state index is 9.22. The van der Waals surface area contributed by atoms with E-state index in [1.165, 1.54) is 5.56 Å². The summed E-state index contributed by atoms with van der Waals surface area (Å²) in [5.74, 6) is 0.893. The van der Waals surface area contributed by atoms with Crippen LogP contribution in [-0.4, -0.2) is 36.2 Å². The van der Waals surface area contributed by atoms with Crippen LogP contribution in [0, 0.1) is 0 Å². The zero-order valence-corrected chi connectivity index (χ0v) is 9.06. The molecule has 0 radical (unpaired) electrons. The van der Waals surface area contributed by atoms with Crippen LogP contribution in [0.2, 0.25) is 0 Å². The molecule has 3 nitrogen and oxygen atoms in total. The first-order chi connectivity index (χ1) is 7.20. The molecule has 1 aliphatic rings.